The first-order valence-corrected chi connectivity index (χ1v) is 9.64. The smallest absolute Gasteiger partial charge is 0.228 e. The Balaban J connectivity index is 1.23. The summed E-state index contributed by atoms with van der Waals surface area (Å²) in [6.07, 6.45) is 8.01. The fraction of sp³-hybridized carbons (Fsp3) is 0.650. The molecule has 25 heavy (non-hydrogen) atoms. The molecule has 3 heterocycles. The molecular weight excluding hydrogens is 314 g/mol. The summed E-state index contributed by atoms with van der Waals surface area (Å²) in [6.45, 7) is 3.04. The molecule has 1 aromatic rings. The number of aromatic nitrogens is 1. The van der Waals surface area contributed by atoms with E-state index in [0.29, 0.717) is 19.5 Å². The molecule has 0 N–H and O–H groups in total. The van der Waals surface area contributed by atoms with Gasteiger partial charge in [-0.05, 0) is 60.6 Å². The van der Waals surface area contributed by atoms with Crippen LogP contribution in [-0.4, -0.2) is 46.2 Å². The molecular formula is C20H25N3O2. The number of hydrogen-bond acceptors (Lipinski definition) is 3. The summed E-state index contributed by atoms with van der Waals surface area (Å²) in [4.78, 5) is 33.3. The Morgan fingerprint density at radius 1 is 1.08 bits per heavy atom. The van der Waals surface area contributed by atoms with Crippen LogP contribution in [0.3, 0.4) is 0 Å². The Morgan fingerprint density at radius 2 is 1.76 bits per heavy atom. The molecule has 0 aromatic carbocycles. The van der Waals surface area contributed by atoms with Crippen molar-refractivity contribution in [1.82, 2.24) is 14.8 Å². The number of likely N-dealkylation sites (tertiary alicyclic amines) is 2. The summed E-state index contributed by atoms with van der Waals surface area (Å²) < 4.78 is 0. The summed E-state index contributed by atoms with van der Waals surface area (Å²) in [5.74, 6) is 3.39. The molecule has 2 amide bonds. The van der Waals surface area contributed by atoms with Crippen molar-refractivity contribution in [3.05, 3.63) is 30.1 Å². The number of hydrogen-bond donors (Lipinski definition) is 0. The zero-order valence-corrected chi connectivity index (χ0v) is 14.5. The Kier molecular flexibility index (Phi) is 3.57. The molecule has 2 bridgehead atoms. The maximum Gasteiger partial charge on any atom is 0.228 e. The zero-order valence-electron chi connectivity index (χ0n) is 14.5. The number of pyridine rings is 1. The van der Waals surface area contributed by atoms with Gasteiger partial charge in [-0.25, -0.2) is 0 Å². The lowest BCUT2D eigenvalue weighted by Crippen LogP contribution is -2.36. The van der Waals surface area contributed by atoms with Crippen LogP contribution in [-0.2, 0) is 16.1 Å². The van der Waals surface area contributed by atoms with Gasteiger partial charge in [0.15, 0.2) is 0 Å². The van der Waals surface area contributed by atoms with Gasteiger partial charge in [0.05, 0.1) is 5.92 Å². The van der Waals surface area contributed by atoms with Crippen LogP contribution < -0.4 is 0 Å². The molecule has 0 spiro atoms. The maximum atomic E-state index is 13.0. The molecule has 4 aliphatic rings. The minimum Gasteiger partial charge on any atom is -0.342 e. The number of rotatable bonds is 3. The van der Waals surface area contributed by atoms with Gasteiger partial charge >= 0.3 is 0 Å². The average Bonchev–Trinajstić information content (AvgIpc) is 3.37. The van der Waals surface area contributed by atoms with Crippen LogP contribution in [0.25, 0.3) is 0 Å². The van der Waals surface area contributed by atoms with Gasteiger partial charge in [-0.15, -0.1) is 0 Å². The van der Waals surface area contributed by atoms with Gasteiger partial charge in [-0.3, -0.25) is 14.6 Å². The van der Waals surface area contributed by atoms with E-state index in [1.54, 1.807) is 12.4 Å². The third-order valence-electron chi connectivity index (χ3n) is 7.14. The van der Waals surface area contributed by atoms with Gasteiger partial charge in [-0.2, -0.15) is 0 Å². The number of carbonyl (C=O) groups excluding carboxylic acids is 2. The standard InChI is InChI=1S/C20H25N3O2/c24-19-8-16(10-22(19)9-13-3-5-21-6-4-13)20(25)23-11-17-14-1-2-15(7-14)18(17)12-23/h3-6,14-18H,1-2,7-12H2/t14-,15+,16-,17-,18+/m1/s1. The highest BCUT2D eigenvalue weighted by atomic mass is 16.2. The van der Waals surface area contributed by atoms with Crippen molar-refractivity contribution < 1.29 is 9.59 Å². The predicted molar refractivity (Wildman–Crippen MR) is 92.2 cm³/mol. The number of amides is 2. The fourth-order valence-electron chi connectivity index (χ4n) is 5.92. The maximum absolute atomic E-state index is 13.0. The lowest BCUT2D eigenvalue weighted by molar-refractivity contribution is -0.135. The molecule has 0 radical (unpaired) electrons. The Morgan fingerprint density at radius 3 is 2.44 bits per heavy atom. The molecule has 2 aliphatic carbocycles. The van der Waals surface area contributed by atoms with E-state index >= 15 is 0 Å². The fourth-order valence-corrected chi connectivity index (χ4v) is 5.92. The van der Waals surface area contributed by atoms with E-state index in [4.69, 9.17) is 0 Å². The van der Waals surface area contributed by atoms with E-state index in [9.17, 15) is 9.59 Å². The van der Waals surface area contributed by atoms with Crippen molar-refractivity contribution in [1.29, 1.82) is 0 Å². The molecule has 5 heteroatoms. The second kappa shape index (κ2) is 5.82. The van der Waals surface area contributed by atoms with Gasteiger partial charge in [0.1, 0.15) is 0 Å². The Bertz CT molecular complexity index is 673. The molecule has 0 unspecified atom stereocenters. The van der Waals surface area contributed by atoms with Crippen LogP contribution in [0.1, 0.15) is 31.2 Å². The molecule has 5 atom stereocenters. The van der Waals surface area contributed by atoms with Crippen molar-refractivity contribution in [2.75, 3.05) is 19.6 Å². The van der Waals surface area contributed by atoms with Crippen molar-refractivity contribution >= 4 is 11.8 Å². The minimum absolute atomic E-state index is 0.106. The van der Waals surface area contributed by atoms with E-state index < -0.39 is 0 Å². The van der Waals surface area contributed by atoms with Crippen LogP contribution in [0, 0.1) is 29.6 Å². The molecule has 132 valence electrons. The van der Waals surface area contributed by atoms with Gasteiger partial charge in [-0.1, -0.05) is 0 Å². The van der Waals surface area contributed by atoms with Crippen molar-refractivity contribution in [2.24, 2.45) is 29.6 Å². The highest BCUT2D eigenvalue weighted by molar-refractivity contribution is 5.89. The van der Waals surface area contributed by atoms with Crippen LogP contribution in [0.4, 0.5) is 0 Å². The lowest BCUT2D eigenvalue weighted by Gasteiger charge is -2.22. The lowest BCUT2D eigenvalue weighted by atomic mass is 9.82. The van der Waals surface area contributed by atoms with E-state index in [2.05, 4.69) is 9.88 Å². The summed E-state index contributed by atoms with van der Waals surface area (Å²) in [5.41, 5.74) is 1.07. The average molecular weight is 339 g/mol. The molecule has 2 saturated carbocycles. The van der Waals surface area contributed by atoms with Crippen LogP contribution in [0.15, 0.2) is 24.5 Å². The molecule has 4 fully saturated rings. The third kappa shape index (κ3) is 2.55. The Hall–Kier alpha value is -1.91. The second-order valence-electron chi connectivity index (χ2n) is 8.43. The molecule has 5 nitrogen and oxygen atoms in total. The quantitative estimate of drug-likeness (QED) is 0.846. The largest absolute Gasteiger partial charge is 0.342 e. The highest BCUT2D eigenvalue weighted by Crippen LogP contribution is 2.55. The zero-order chi connectivity index (χ0) is 17.0. The SMILES string of the molecule is O=C1C[C@@H](C(=O)N2C[C@@H]3[C@@H]4CC[C@@H](C4)[C@@H]3C2)CN1Cc1ccncc1. The molecule has 5 rings (SSSR count). The van der Waals surface area contributed by atoms with Gasteiger partial charge in [0.25, 0.3) is 0 Å². The van der Waals surface area contributed by atoms with Crippen molar-refractivity contribution in [3.8, 4) is 0 Å². The summed E-state index contributed by atoms with van der Waals surface area (Å²) >= 11 is 0. The van der Waals surface area contributed by atoms with Gasteiger partial charge in [0.2, 0.25) is 11.8 Å². The second-order valence-corrected chi connectivity index (χ2v) is 8.43. The first-order chi connectivity index (χ1) is 12.2. The van der Waals surface area contributed by atoms with Gasteiger partial charge < -0.3 is 9.80 Å². The first kappa shape index (κ1) is 15.4. The predicted octanol–water partition coefficient (Wildman–Crippen LogP) is 1.93. The van der Waals surface area contributed by atoms with E-state index in [1.807, 2.05) is 17.0 Å². The number of fused-ring (bicyclic) bond motifs is 5. The van der Waals surface area contributed by atoms with Crippen LogP contribution in [0.2, 0.25) is 0 Å². The van der Waals surface area contributed by atoms with Crippen molar-refractivity contribution in [2.45, 2.75) is 32.2 Å². The molecule has 2 saturated heterocycles. The van der Waals surface area contributed by atoms with E-state index in [-0.39, 0.29) is 17.7 Å². The normalized spacial score (nSPS) is 36.3. The summed E-state index contributed by atoms with van der Waals surface area (Å²) in [7, 11) is 0. The van der Waals surface area contributed by atoms with E-state index in [1.165, 1.54) is 19.3 Å². The summed E-state index contributed by atoms with van der Waals surface area (Å²) in [5, 5.41) is 0. The number of nitrogens with zero attached hydrogens (tertiary/aromatic N) is 3. The van der Waals surface area contributed by atoms with Crippen molar-refractivity contribution in [3.63, 3.8) is 0 Å². The minimum atomic E-state index is -0.147. The van der Waals surface area contributed by atoms with Gasteiger partial charge in [0, 0.05) is 45.0 Å². The molecule has 2 aliphatic heterocycles. The number of carbonyl (C=O) groups is 2. The Labute approximate surface area is 148 Å². The third-order valence-corrected chi connectivity index (χ3v) is 7.14. The molecule has 1 aromatic heterocycles. The topological polar surface area (TPSA) is 53.5 Å². The highest BCUT2D eigenvalue weighted by Gasteiger charge is 2.53. The first-order valence-electron chi connectivity index (χ1n) is 9.64. The van der Waals surface area contributed by atoms with E-state index in [0.717, 1.165) is 42.3 Å². The summed E-state index contributed by atoms with van der Waals surface area (Å²) in [6, 6.07) is 3.86. The van der Waals surface area contributed by atoms with Crippen LogP contribution >= 0.6 is 0 Å². The van der Waals surface area contributed by atoms with Crippen LogP contribution in [0.5, 0.6) is 0 Å². The monoisotopic (exact) mass is 339 g/mol.